The number of fused-ring (bicyclic) bond motifs is 2. The number of aromatic carboxylic acids is 1. The minimum absolute atomic E-state index is 0.0217. The van der Waals surface area contributed by atoms with Crippen LogP contribution in [-0.4, -0.2) is 40.2 Å². The summed E-state index contributed by atoms with van der Waals surface area (Å²) in [6.07, 6.45) is 2.72. The van der Waals surface area contributed by atoms with Gasteiger partial charge in [-0.05, 0) is 25.3 Å². The van der Waals surface area contributed by atoms with Crippen LogP contribution in [0.5, 0.6) is 0 Å². The number of non-ortho nitro benzene ring substituents is 1. The second-order valence-corrected chi connectivity index (χ2v) is 5.52. The number of carboxylic acid groups (broad SMARTS) is 1. The highest BCUT2D eigenvalue weighted by Crippen LogP contribution is 2.34. The first-order chi connectivity index (χ1) is 10.4. The van der Waals surface area contributed by atoms with E-state index in [2.05, 4.69) is 5.32 Å². The van der Waals surface area contributed by atoms with Crippen LogP contribution in [0.15, 0.2) is 18.2 Å². The van der Waals surface area contributed by atoms with E-state index in [0.717, 1.165) is 37.5 Å². The summed E-state index contributed by atoms with van der Waals surface area (Å²) >= 11 is 0. The Kier molecular flexibility index (Phi) is 3.53. The van der Waals surface area contributed by atoms with Gasteiger partial charge in [-0.15, -0.1) is 0 Å². The van der Waals surface area contributed by atoms with E-state index in [9.17, 15) is 19.7 Å². The van der Waals surface area contributed by atoms with Crippen molar-refractivity contribution in [2.75, 3.05) is 0 Å². The van der Waals surface area contributed by atoms with Crippen LogP contribution in [0.4, 0.5) is 5.69 Å². The van der Waals surface area contributed by atoms with Gasteiger partial charge in [0.15, 0.2) is 0 Å². The molecular weight excluding hydrogens is 292 g/mol. The fourth-order valence-electron chi connectivity index (χ4n) is 3.01. The number of ether oxygens (including phenoxy) is 1. The minimum atomic E-state index is -1.32. The van der Waals surface area contributed by atoms with Crippen LogP contribution in [0.3, 0.4) is 0 Å². The molecular formula is C14H14N2O6. The molecule has 1 amide bonds. The van der Waals surface area contributed by atoms with Crippen LogP contribution in [0.25, 0.3) is 0 Å². The van der Waals surface area contributed by atoms with Gasteiger partial charge in [0, 0.05) is 17.7 Å². The van der Waals surface area contributed by atoms with E-state index in [4.69, 9.17) is 9.84 Å². The van der Waals surface area contributed by atoms with Gasteiger partial charge in [0.25, 0.3) is 11.6 Å². The van der Waals surface area contributed by atoms with Crippen molar-refractivity contribution in [3.63, 3.8) is 0 Å². The second kappa shape index (κ2) is 5.38. The monoisotopic (exact) mass is 306 g/mol. The van der Waals surface area contributed by atoms with Crippen molar-refractivity contribution in [3.8, 4) is 0 Å². The van der Waals surface area contributed by atoms with Crippen LogP contribution in [0, 0.1) is 10.1 Å². The predicted molar refractivity (Wildman–Crippen MR) is 73.8 cm³/mol. The van der Waals surface area contributed by atoms with E-state index < -0.39 is 22.5 Å². The number of benzene rings is 1. The van der Waals surface area contributed by atoms with E-state index in [-0.39, 0.29) is 29.4 Å². The fourth-order valence-corrected chi connectivity index (χ4v) is 3.01. The molecule has 2 bridgehead atoms. The highest BCUT2D eigenvalue weighted by molar-refractivity contribution is 5.98. The lowest BCUT2D eigenvalue weighted by Gasteiger charge is -2.20. The third-order valence-corrected chi connectivity index (χ3v) is 4.06. The molecule has 0 aromatic heterocycles. The minimum Gasteiger partial charge on any atom is -0.478 e. The van der Waals surface area contributed by atoms with Gasteiger partial charge in [-0.25, -0.2) is 4.79 Å². The van der Waals surface area contributed by atoms with Gasteiger partial charge in [0.2, 0.25) is 0 Å². The molecule has 3 rings (SSSR count). The van der Waals surface area contributed by atoms with Gasteiger partial charge >= 0.3 is 5.97 Å². The molecule has 3 unspecified atom stereocenters. The number of carboxylic acids is 1. The quantitative estimate of drug-likeness (QED) is 0.640. The van der Waals surface area contributed by atoms with Crippen molar-refractivity contribution in [3.05, 3.63) is 39.4 Å². The molecule has 8 heteroatoms. The third kappa shape index (κ3) is 2.64. The van der Waals surface area contributed by atoms with Gasteiger partial charge in [-0.2, -0.15) is 0 Å². The van der Waals surface area contributed by atoms with Crippen molar-refractivity contribution in [1.29, 1.82) is 0 Å². The van der Waals surface area contributed by atoms with Crippen LogP contribution >= 0.6 is 0 Å². The van der Waals surface area contributed by atoms with E-state index in [1.165, 1.54) is 0 Å². The molecule has 1 aromatic rings. The number of nitrogens with zero attached hydrogens (tertiary/aromatic N) is 1. The van der Waals surface area contributed by atoms with Crippen molar-refractivity contribution in [1.82, 2.24) is 5.32 Å². The molecule has 2 N–H and O–H groups in total. The Labute approximate surface area is 125 Å². The zero-order valence-electron chi connectivity index (χ0n) is 11.5. The number of amides is 1. The molecule has 2 aliphatic heterocycles. The van der Waals surface area contributed by atoms with Crippen molar-refractivity contribution in [2.24, 2.45) is 0 Å². The van der Waals surface area contributed by atoms with Gasteiger partial charge < -0.3 is 15.2 Å². The Bertz CT molecular complexity index is 626. The van der Waals surface area contributed by atoms with Crippen molar-refractivity contribution in [2.45, 2.75) is 37.5 Å². The summed E-state index contributed by atoms with van der Waals surface area (Å²) in [7, 11) is 0. The lowest BCUT2D eigenvalue weighted by atomic mass is 9.95. The molecule has 0 radical (unpaired) electrons. The summed E-state index contributed by atoms with van der Waals surface area (Å²) in [6, 6.07) is 3.02. The van der Waals surface area contributed by atoms with Crippen molar-refractivity contribution >= 4 is 17.6 Å². The summed E-state index contributed by atoms with van der Waals surface area (Å²) in [5.41, 5.74) is -0.743. The fraction of sp³-hybridized carbons (Fsp3) is 0.429. The van der Waals surface area contributed by atoms with Crippen LogP contribution in [0.1, 0.15) is 40.0 Å². The zero-order valence-corrected chi connectivity index (χ0v) is 11.5. The summed E-state index contributed by atoms with van der Waals surface area (Å²) in [5, 5.41) is 22.6. The maximum Gasteiger partial charge on any atom is 0.335 e. The molecule has 8 nitrogen and oxygen atoms in total. The molecule has 2 fully saturated rings. The normalized spacial score (nSPS) is 25.9. The van der Waals surface area contributed by atoms with E-state index in [0.29, 0.717) is 0 Å². The average Bonchev–Trinajstić information content (AvgIpc) is 3.09. The molecule has 116 valence electrons. The molecule has 2 heterocycles. The third-order valence-electron chi connectivity index (χ3n) is 4.06. The molecule has 2 aliphatic rings. The van der Waals surface area contributed by atoms with E-state index in [1.54, 1.807) is 0 Å². The number of hydrogen-bond donors (Lipinski definition) is 2. The average molecular weight is 306 g/mol. The number of nitro benzene ring substituents is 1. The zero-order chi connectivity index (χ0) is 15.9. The Balaban J connectivity index is 1.82. The molecule has 22 heavy (non-hydrogen) atoms. The number of rotatable bonds is 4. The first-order valence-corrected chi connectivity index (χ1v) is 6.93. The molecule has 2 saturated heterocycles. The summed E-state index contributed by atoms with van der Waals surface area (Å²) in [4.78, 5) is 33.4. The topological polar surface area (TPSA) is 119 Å². The summed E-state index contributed by atoms with van der Waals surface area (Å²) in [6.45, 7) is 0. The van der Waals surface area contributed by atoms with Crippen LogP contribution in [0.2, 0.25) is 0 Å². The van der Waals surface area contributed by atoms with Gasteiger partial charge in [0.05, 0.1) is 28.7 Å². The lowest BCUT2D eigenvalue weighted by Crippen LogP contribution is -2.41. The van der Waals surface area contributed by atoms with Crippen molar-refractivity contribution < 1.29 is 24.4 Å². The number of carbonyl (C=O) groups is 2. The SMILES string of the molecule is O=C(O)c1cc(C(=O)NC2CC3CCC2O3)cc([N+](=O)[O-])c1. The lowest BCUT2D eigenvalue weighted by molar-refractivity contribution is -0.384. The first-order valence-electron chi connectivity index (χ1n) is 6.93. The highest BCUT2D eigenvalue weighted by Gasteiger charge is 2.41. The van der Waals surface area contributed by atoms with E-state index >= 15 is 0 Å². The van der Waals surface area contributed by atoms with Crippen LogP contribution in [-0.2, 0) is 4.74 Å². The van der Waals surface area contributed by atoms with Gasteiger partial charge in [-0.3, -0.25) is 14.9 Å². The smallest absolute Gasteiger partial charge is 0.335 e. The van der Waals surface area contributed by atoms with E-state index in [1.807, 2.05) is 0 Å². The molecule has 3 atom stereocenters. The second-order valence-electron chi connectivity index (χ2n) is 5.52. The molecule has 0 saturated carbocycles. The Morgan fingerprint density at radius 2 is 2.00 bits per heavy atom. The largest absolute Gasteiger partial charge is 0.478 e. The van der Waals surface area contributed by atoms with Crippen LogP contribution < -0.4 is 5.32 Å². The number of nitro groups is 1. The maximum atomic E-state index is 12.2. The summed E-state index contributed by atoms with van der Waals surface area (Å²) in [5.74, 6) is -1.84. The predicted octanol–water partition coefficient (Wildman–Crippen LogP) is 1.34. The standard InChI is InChI=1S/C14H14N2O6/c17-13(15-11-6-10-1-2-12(11)22-10)7-3-8(14(18)19)5-9(4-7)16(20)21/h3-5,10-12H,1-2,6H2,(H,15,17)(H,18,19). The first kappa shape index (κ1) is 14.5. The van der Waals surface area contributed by atoms with Gasteiger partial charge in [0.1, 0.15) is 0 Å². The summed E-state index contributed by atoms with van der Waals surface area (Å²) < 4.78 is 5.63. The molecule has 0 aliphatic carbocycles. The Morgan fingerprint density at radius 1 is 1.27 bits per heavy atom. The van der Waals surface area contributed by atoms with Gasteiger partial charge in [-0.1, -0.05) is 0 Å². The Morgan fingerprint density at radius 3 is 2.55 bits per heavy atom. The molecule has 0 spiro atoms. The molecule has 1 aromatic carbocycles. The maximum absolute atomic E-state index is 12.2. The number of hydrogen-bond acceptors (Lipinski definition) is 5. The number of nitrogens with one attached hydrogen (secondary N) is 1. The Hall–Kier alpha value is -2.48. The highest BCUT2D eigenvalue weighted by atomic mass is 16.6. The number of carbonyl (C=O) groups excluding carboxylic acids is 1.